The second-order valence-corrected chi connectivity index (χ2v) is 5.47. The second-order valence-electron chi connectivity index (χ2n) is 5.47. The molecule has 0 aromatic rings. The van der Waals surface area contributed by atoms with Gasteiger partial charge in [0, 0.05) is 39.7 Å². The van der Waals surface area contributed by atoms with Crippen LogP contribution in [0.1, 0.15) is 32.1 Å². The fourth-order valence-corrected chi connectivity index (χ4v) is 2.90. The molecule has 5 nitrogen and oxygen atoms in total. The van der Waals surface area contributed by atoms with Crippen molar-refractivity contribution in [3.8, 4) is 0 Å². The SMILES string of the molecule is COCCN1CC(C(=O)N2CCCCCC2)CC1=O. The van der Waals surface area contributed by atoms with Crippen LogP contribution in [-0.2, 0) is 14.3 Å². The minimum Gasteiger partial charge on any atom is -0.383 e. The Bertz CT molecular complexity index is 325. The van der Waals surface area contributed by atoms with E-state index in [1.165, 1.54) is 12.8 Å². The molecule has 0 radical (unpaired) electrons. The first-order valence-electron chi connectivity index (χ1n) is 7.28. The van der Waals surface area contributed by atoms with Crippen LogP contribution in [0.2, 0.25) is 0 Å². The van der Waals surface area contributed by atoms with Crippen LogP contribution in [0.15, 0.2) is 0 Å². The van der Waals surface area contributed by atoms with Crippen LogP contribution < -0.4 is 0 Å². The van der Waals surface area contributed by atoms with Gasteiger partial charge in [-0.15, -0.1) is 0 Å². The van der Waals surface area contributed by atoms with E-state index in [0.29, 0.717) is 26.1 Å². The summed E-state index contributed by atoms with van der Waals surface area (Å²) in [6, 6.07) is 0. The fraction of sp³-hybridized carbons (Fsp3) is 0.857. The predicted octanol–water partition coefficient (Wildman–Crippen LogP) is 0.884. The number of carbonyl (C=O) groups is 2. The minimum absolute atomic E-state index is 0.0882. The molecule has 0 aromatic heterocycles. The van der Waals surface area contributed by atoms with Crippen LogP contribution in [0.5, 0.6) is 0 Å². The Morgan fingerprint density at radius 1 is 1.26 bits per heavy atom. The molecule has 2 heterocycles. The molecule has 108 valence electrons. The molecule has 0 spiro atoms. The van der Waals surface area contributed by atoms with Gasteiger partial charge in [0.2, 0.25) is 11.8 Å². The normalized spacial score (nSPS) is 24.7. The molecule has 1 unspecified atom stereocenters. The maximum atomic E-state index is 12.4. The summed E-state index contributed by atoms with van der Waals surface area (Å²) in [4.78, 5) is 28.0. The molecule has 2 aliphatic rings. The lowest BCUT2D eigenvalue weighted by Crippen LogP contribution is -2.38. The zero-order valence-corrected chi connectivity index (χ0v) is 11.8. The molecule has 0 bridgehead atoms. The van der Waals surface area contributed by atoms with Crippen molar-refractivity contribution >= 4 is 11.8 Å². The van der Waals surface area contributed by atoms with E-state index in [1.54, 1.807) is 12.0 Å². The number of methoxy groups -OCH3 is 1. The molecular formula is C14H24N2O3. The monoisotopic (exact) mass is 268 g/mol. The van der Waals surface area contributed by atoms with Gasteiger partial charge in [0.05, 0.1) is 12.5 Å². The van der Waals surface area contributed by atoms with Crippen molar-refractivity contribution in [3.05, 3.63) is 0 Å². The molecule has 2 aliphatic heterocycles. The Labute approximate surface area is 114 Å². The predicted molar refractivity (Wildman–Crippen MR) is 71.6 cm³/mol. The minimum atomic E-state index is -0.137. The van der Waals surface area contributed by atoms with Crippen molar-refractivity contribution in [2.24, 2.45) is 5.92 Å². The van der Waals surface area contributed by atoms with Gasteiger partial charge in [0.15, 0.2) is 0 Å². The van der Waals surface area contributed by atoms with Crippen molar-refractivity contribution in [3.63, 3.8) is 0 Å². The number of nitrogens with zero attached hydrogens (tertiary/aromatic N) is 2. The molecule has 1 atom stereocenters. The molecule has 5 heteroatoms. The highest BCUT2D eigenvalue weighted by Gasteiger charge is 2.36. The summed E-state index contributed by atoms with van der Waals surface area (Å²) in [6.07, 6.45) is 5.00. The Kier molecular flexibility index (Phi) is 5.19. The second kappa shape index (κ2) is 6.89. The quantitative estimate of drug-likeness (QED) is 0.760. The lowest BCUT2D eigenvalue weighted by atomic mass is 10.1. The first kappa shape index (κ1) is 14.3. The number of ether oxygens (including phenoxy) is 1. The van der Waals surface area contributed by atoms with Crippen molar-refractivity contribution in [2.45, 2.75) is 32.1 Å². The number of hydrogen-bond donors (Lipinski definition) is 0. The third-order valence-electron chi connectivity index (χ3n) is 4.05. The molecule has 0 saturated carbocycles. The average molecular weight is 268 g/mol. The van der Waals surface area contributed by atoms with Crippen LogP contribution in [0.4, 0.5) is 0 Å². The van der Waals surface area contributed by atoms with E-state index in [-0.39, 0.29) is 17.7 Å². The van der Waals surface area contributed by atoms with Gasteiger partial charge in [-0.3, -0.25) is 9.59 Å². The summed E-state index contributed by atoms with van der Waals surface area (Å²) in [6.45, 7) is 3.43. The highest BCUT2D eigenvalue weighted by molar-refractivity contribution is 5.89. The van der Waals surface area contributed by atoms with Crippen LogP contribution in [0, 0.1) is 5.92 Å². The highest BCUT2D eigenvalue weighted by Crippen LogP contribution is 2.21. The van der Waals surface area contributed by atoms with Gasteiger partial charge in [-0.2, -0.15) is 0 Å². The summed E-state index contributed by atoms with van der Waals surface area (Å²) in [7, 11) is 1.63. The fourth-order valence-electron chi connectivity index (χ4n) is 2.90. The van der Waals surface area contributed by atoms with E-state index in [1.807, 2.05) is 4.90 Å². The molecule has 0 aromatic carbocycles. The largest absolute Gasteiger partial charge is 0.383 e. The van der Waals surface area contributed by atoms with Gasteiger partial charge in [-0.05, 0) is 12.8 Å². The van der Waals surface area contributed by atoms with Crippen molar-refractivity contribution in [1.82, 2.24) is 9.80 Å². The molecule has 19 heavy (non-hydrogen) atoms. The number of carbonyl (C=O) groups excluding carboxylic acids is 2. The first-order valence-corrected chi connectivity index (χ1v) is 7.28. The third kappa shape index (κ3) is 3.69. The molecule has 2 amide bonds. The van der Waals surface area contributed by atoms with Crippen LogP contribution in [0.3, 0.4) is 0 Å². The van der Waals surface area contributed by atoms with Gasteiger partial charge < -0.3 is 14.5 Å². The third-order valence-corrected chi connectivity index (χ3v) is 4.05. The van der Waals surface area contributed by atoms with Gasteiger partial charge >= 0.3 is 0 Å². The van der Waals surface area contributed by atoms with E-state index >= 15 is 0 Å². The summed E-state index contributed by atoms with van der Waals surface area (Å²) in [5.41, 5.74) is 0. The Hall–Kier alpha value is -1.10. The van der Waals surface area contributed by atoms with E-state index in [0.717, 1.165) is 25.9 Å². The van der Waals surface area contributed by atoms with Gasteiger partial charge in [0.1, 0.15) is 0 Å². The zero-order valence-electron chi connectivity index (χ0n) is 11.8. The van der Waals surface area contributed by atoms with E-state index < -0.39 is 0 Å². The van der Waals surface area contributed by atoms with Gasteiger partial charge in [-0.25, -0.2) is 0 Å². The van der Waals surface area contributed by atoms with E-state index in [2.05, 4.69) is 0 Å². The molecule has 2 fully saturated rings. The maximum absolute atomic E-state index is 12.4. The molecule has 2 saturated heterocycles. The van der Waals surface area contributed by atoms with E-state index in [9.17, 15) is 9.59 Å². The zero-order chi connectivity index (χ0) is 13.7. The Morgan fingerprint density at radius 2 is 1.95 bits per heavy atom. The van der Waals surface area contributed by atoms with Crippen molar-refractivity contribution in [1.29, 1.82) is 0 Å². The maximum Gasteiger partial charge on any atom is 0.227 e. The number of rotatable bonds is 4. The summed E-state index contributed by atoms with van der Waals surface area (Å²) < 4.78 is 4.99. The topological polar surface area (TPSA) is 49.9 Å². The van der Waals surface area contributed by atoms with Crippen LogP contribution in [-0.4, -0.2) is 61.5 Å². The highest BCUT2D eigenvalue weighted by atomic mass is 16.5. The summed E-state index contributed by atoms with van der Waals surface area (Å²) >= 11 is 0. The molecule has 0 aliphatic carbocycles. The smallest absolute Gasteiger partial charge is 0.227 e. The molecule has 2 rings (SSSR count). The number of likely N-dealkylation sites (tertiary alicyclic amines) is 2. The number of amides is 2. The lowest BCUT2D eigenvalue weighted by molar-refractivity contribution is -0.135. The molecular weight excluding hydrogens is 244 g/mol. The number of hydrogen-bond acceptors (Lipinski definition) is 3. The van der Waals surface area contributed by atoms with Crippen LogP contribution in [0.25, 0.3) is 0 Å². The average Bonchev–Trinajstić information content (AvgIpc) is 2.64. The molecule has 0 N–H and O–H groups in total. The van der Waals surface area contributed by atoms with Crippen molar-refractivity contribution < 1.29 is 14.3 Å². The van der Waals surface area contributed by atoms with Gasteiger partial charge in [0.25, 0.3) is 0 Å². The first-order chi connectivity index (χ1) is 9.22. The van der Waals surface area contributed by atoms with Gasteiger partial charge in [-0.1, -0.05) is 12.8 Å². The lowest BCUT2D eigenvalue weighted by Gasteiger charge is -2.23. The van der Waals surface area contributed by atoms with Crippen LogP contribution >= 0.6 is 0 Å². The summed E-state index contributed by atoms with van der Waals surface area (Å²) in [5.74, 6) is 0.128. The van der Waals surface area contributed by atoms with E-state index in [4.69, 9.17) is 4.74 Å². The summed E-state index contributed by atoms with van der Waals surface area (Å²) in [5, 5.41) is 0. The standard InChI is InChI=1S/C14H24N2O3/c1-19-9-8-16-11-12(10-13(16)17)14(18)15-6-4-2-3-5-7-15/h12H,2-11H2,1H3. The Morgan fingerprint density at radius 3 is 2.58 bits per heavy atom. The Balaban J connectivity index is 1.87. The van der Waals surface area contributed by atoms with Crippen molar-refractivity contribution in [2.75, 3.05) is 39.9 Å².